The zero-order valence-electron chi connectivity index (χ0n) is 18.3. The lowest BCUT2D eigenvalue weighted by atomic mass is 9.98. The van der Waals surface area contributed by atoms with Gasteiger partial charge in [0, 0.05) is 43.8 Å². The van der Waals surface area contributed by atoms with Crippen LogP contribution < -0.4 is 5.73 Å². The molecule has 1 atom stereocenters. The molecule has 3 N–H and O–H groups in total. The summed E-state index contributed by atoms with van der Waals surface area (Å²) in [5.41, 5.74) is 6.33. The lowest BCUT2D eigenvalue weighted by Gasteiger charge is -2.16. The van der Waals surface area contributed by atoms with Gasteiger partial charge in [-0.05, 0) is 32.0 Å². The number of hydrogen-bond acceptors (Lipinski definition) is 8. The number of likely N-dealkylation sites (N-methyl/N-ethyl adjacent to an activating group) is 1. The Hall–Kier alpha value is -3.08. The van der Waals surface area contributed by atoms with Crippen LogP contribution in [-0.4, -0.2) is 63.5 Å². The smallest absolute Gasteiger partial charge is 0.268 e. The number of aliphatic hydroxyl groups is 1. The van der Waals surface area contributed by atoms with E-state index in [1.54, 1.807) is 13.1 Å². The first-order valence-electron chi connectivity index (χ1n) is 10.9. The minimum absolute atomic E-state index is 0.135. The summed E-state index contributed by atoms with van der Waals surface area (Å²) >= 11 is 1.47. The Morgan fingerprint density at radius 3 is 2.70 bits per heavy atom. The second-order valence-corrected chi connectivity index (χ2v) is 9.72. The first-order chi connectivity index (χ1) is 15.8. The monoisotopic (exact) mass is 467 g/mol. The highest BCUT2D eigenvalue weighted by Crippen LogP contribution is 2.36. The van der Waals surface area contributed by atoms with Gasteiger partial charge in [0.05, 0.1) is 4.88 Å². The molecule has 2 aliphatic heterocycles. The van der Waals surface area contributed by atoms with Crippen LogP contribution in [0.15, 0.2) is 34.9 Å². The van der Waals surface area contributed by atoms with Crippen LogP contribution in [0.2, 0.25) is 0 Å². The van der Waals surface area contributed by atoms with Gasteiger partial charge in [-0.1, -0.05) is 23.4 Å². The number of nitrogens with two attached hydrogens (primary N) is 1. The minimum Gasteiger partial charge on any atom is -0.373 e. The summed E-state index contributed by atoms with van der Waals surface area (Å²) < 4.78 is 5.37. The quantitative estimate of drug-likeness (QED) is 0.569. The molecule has 3 aromatic rings. The van der Waals surface area contributed by atoms with Crippen molar-refractivity contribution < 1.29 is 19.2 Å². The van der Waals surface area contributed by atoms with Crippen molar-refractivity contribution in [2.45, 2.75) is 31.4 Å². The Labute approximate surface area is 194 Å². The molecule has 0 bridgehead atoms. The normalized spacial score (nSPS) is 21.3. The molecule has 5 rings (SSSR count). The van der Waals surface area contributed by atoms with E-state index in [9.17, 15) is 14.7 Å². The van der Waals surface area contributed by atoms with Gasteiger partial charge in [0.1, 0.15) is 16.4 Å². The second kappa shape index (κ2) is 8.36. The van der Waals surface area contributed by atoms with Crippen molar-refractivity contribution in [1.82, 2.24) is 19.9 Å². The highest BCUT2D eigenvalue weighted by atomic mass is 32.1. The van der Waals surface area contributed by atoms with Crippen LogP contribution in [0, 0.1) is 0 Å². The fourth-order valence-corrected chi connectivity index (χ4v) is 5.52. The standard InChI is InChI=1S/C23H25N5O4S/c1-27-10-7-23(31,22(27)30)18-12-16(26-32-18)14-5-4-6-15(11-14)21-25-19(20(24)29)17(33-21)13-28-8-2-3-9-28/h4-6,11-12,31H,2-3,7-10,13H2,1H3,(H2,24,29). The van der Waals surface area contributed by atoms with E-state index in [0.717, 1.165) is 41.9 Å². The Balaban J connectivity index is 1.44. The summed E-state index contributed by atoms with van der Waals surface area (Å²) in [7, 11) is 1.65. The fraction of sp³-hybridized carbons (Fsp3) is 0.391. The average Bonchev–Trinajstić information content (AvgIpc) is 3.60. The van der Waals surface area contributed by atoms with Gasteiger partial charge in [0.15, 0.2) is 5.76 Å². The summed E-state index contributed by atoms with van der Waals surface area (Å²) in [6.07, 6.45) is 2.58. The van der Waals surface area contributed by atoms with Crippen LogP contribution in [0.3, 0.4) is 0 Å². The summed E-state index contributed by atoms with van der Waals surface area (Å²) in [5.74, 6) is -0.787. The molecule has 33 heavy (non-hydrogen) atoms. The third-order valence-corrected chi connectivity index (χ3v) is 7.42. The van der Waals surface area contributed by atoms with Crippen molar-refractivity contribution in [2.75, 3.05) is 26.7 Å². The molecule has 2 saturated heterocycles. The van der Waals surface area contributed by atoms with Gasteiger partial charge in [-0.3, -0.25) is 14.5 Å². The van der Waals surface area contributed by atoms with Crippen molar-refractivity contribution in [3.05, 3.63) is 46.7 Å². The molecule has 172 valence electrons. The molecule has 2 amide bonds. The van der Waals surface area contributed by atoms with Crippen molar-refractivity contribution in [3.8, 4) is 21.8 Å². The summed E-state index contributed by atoms with van der Waals surface area (Å²) in [6.45, 7) is 3.15. The number of rotatable bonds is 6. The number of hydrogen-bond donors (Lipinski definition) is 2. The zero-order valence-corrected chi connectivity index (χ0v) is 19.1. The third-order valence-electron chi connectivity index (χ3n) is 6.33. The van der Waals surface area contributed by atoms with Crippen LogP contribution in [0.5, 0.6) is 0 Å². The highest BCUT2D eigenvalue weighted by molar-refractivity contribution is 7.15. The predicted octanol–water partition coefficient (Wildman–Crippen LogP) is 2.21. The summed E-state index contributed by atoms with van der Waals surface area (Å²) in [4.78, 5) is 33.6. The van der Waals surface area contributed by atoms with E-state index in [1.807, 2.05) is 24.3 Å². The number of carbonyl (C=O) groups excluding carboxylic acids is 2. The number of likely N-dealkylation sites (tertiary alicyclic amines) is 2. The van der Waals surface area contributed by atoms with Crippen LogP contribution in [0.4, 0.5) is 0 Å². The molecule has 0 radical (unpaired) electrons. The van der Waals surface area contributed by atoms with Gasteiger partial charge in [-0.15, -0.1) is 11.3 Å². The predicted molar refractivity (Wildman–Crippen MR) is 122 cm³/mol. The maximum absolute atomic E-state index is 12.4. The molecule has 2 aromatic heterocycles. The molecule has 0 aliphatic carbocycles. The Morgan fingerprint density at radius 1 is 1.24 bits per heavy atom. The van der Waals surface area contributed by atoms with Gasteiger partial charge in [0.2, 0.25) is 5.60 Å². The Bertz CT molecular complexity index is 1220. The number of nitrogens with zero attached hydrogens (tertiary/aromatic N) is 4. The first-order valence-corrected chi connectivity index (χ1v) is 11.7. The molecule has 9 nitrogen and oxygen atoms in total. The van der Waals surface area contributed by atoms with E-state index in [1.165, 1.54) is 16.2 Å². The molecule has 1 aromatic carbocycles. The SMILES string of the molecule is CN1CCC(O)(c2cc(-c3cccc(-c4nc(C(N)=O)c(CN5CCCC5)s4)c3)no2)C1=O. The van der Waals surface area contributed by atoms with Crippen molar-refractivity contribution in [1.29, 1.82) is 0 Å². The Kier molecular flexibility index (Phi) is 5.51. The largest absolute Gasteiger partial charge is 0.373 e. The molecule has 10 heteroatoms. The van der Waals surface area contributed by atoms with Crippen molar-refractivity contribution >= 4 is 23.2 Å². The van der Waals surface area contributed by atoms with Gasteiger partial charge in [-0.2, -0.15) is 0 Å². The zero-order chi connectivity index (χ0) is 23.2. The van der Waals surface area contributed by atoms with Gasteiger partial charge in [-0.25, -0.2) is 4.98 Å². The lowest BCUT2D eigenvalue weighted by molar-refractivity contribution is -0.144. The molecule has 4 heterocycles. The third kappa shape index (κ3) is 3.94. The van der Waals surface area contributed by atoms with Crippen LogP contribution in [0.25, 0.3) is 21.8 Å². The first kappa shape index (κ1) is 21.7. The van der Waals surface area contributed by atoms with Gasteiger partial charge < -0.3 is 20.3 Å². The molecule has 2 aliphatic rings. The Morgan fingerprint density at radius 2 is 2.00 bits per heavy atom. The van der Waals surface area contributed by atoms with E-state index >= 15 is 0 Å². The van der Waals surface area contributed by atoms with Crippen LogP contribution >= 0.6 is 11.3 Å². The summed E-state index contributed by atoms with van der Waals surface area (Å²) in [6, 6.07) is 9.15. The second-order valence-electron chi connectivity index (χ2n) is 8.63. The van der Waals surface area contributed by atoms with E-state index in [0.29, 0.717) is 29.5 Å². The maximum Gasteiger partial charge on any atom is 0.268 e. The minimum atomic E-state index is -1.69. The number of carbonyl (C=O) groups is 2. The number of aromatic nitrogens is 2. The number of primary amides is 1. The molecule has 0 saturated carbocycles. The fourth-order valence-electron chi connectivity index (χ4n) is 4.42. The molecule has 0 spiro atoms. The topological polar surface area (TPSA) is 126 Å². The van der Waals surface area contributed by atoms with E-state index < -0.39 is 17.4 Å². The van der Waals surface area contributed by atoms with Gasteiger partial charge in [0.25, 0.3) is 11.8 Å². The number of benzene rings is 1. The van der Waals surface area contributed by atoms with Crippen LogP contribution in [-0.2, 0) is 16.9 Å². The van der Waals surface area contributed by atoms with E-state index in [2.05, 4.69) is 15.0 Å². The molecular formula is C23H25N5O4S. The molecular weight excluding hydrogens is 442 g/mol. The average molecular weight is 468 g/mol. The highest BCUT2D eigenvalue weighted by Gasteiger charge is 2.48. The molecule has 1 unspecified atom stereocenters. The maximum atomic E-state index is 12.4. The van der Waals surface area contributed by atoms with Gasteiger partial charge >= 0.3 is 0 Å². The van der Waals surface area contributed by atoms with Crippen molar-refractivity contribution in [2.24, 2.45) is 5.73 Å². The van der Waals surface area contributed by atoms with Crippen molar-refractivity contribution in [3.63, 3.8) is 0 Å². The summed E-state index contributed by atoms with van der Waals surface area (Å²) in [5, 5.41) is 15.6. The van der Waals surface area contributed by atoms with Crippen LogP contribution in [0.1, 0.15) is 40.4 Å². The number of amides is 2. The van der Waals surface area contributed by atoms with E-state index in [4.69, 9.17) is 10.3 Å². The van der Waals surface area contributed by atoms with E-state index in [-0.39, 0.29) is 12.2 Å². The molecule has 2 fully saturated rings. The number of thiazole rings is 1. The lowest BCUT2D eigenvalue weighted by Crippen LogP contribution is -2.35.